The normalized spacial score (nSPS) is 12.4. The molecule has 2 nitrogen and oxygen atoms in total. The molecule has 4 heteroatoms. The van der Waals surface area contributed by atoms with Gasteiger partial charge in [0.15, 0.2) is 0 Å². The lowest BCUT2D eigenvalue weighted by Crippen LogP contribution is -2.24. The van der Waals surface area contributed by atoms with E-state index in [9.17, 15) is 0 Å². The second kappa shape index (κ2) is 7.07. The van der Waals surface area contributed by atoms with Crippen LogP contribution in [0.5, 0.6) is 0 Å². The minimum absolute atomic E-state index is 0.0395. The van der Waals surface area contributed by atoms with Crippen LogP contribution in [-0.4, -0.2) is 11.5 Å². The topological polar surface area (TPSA) is 24.9 Å². The first-order valence-electron chi connectivity index (χ1n) is 6.80. The van der Waals surface area contributed by atoms with E-state index in [1.54, 1.807) is 6.07 Å². The van der Waals surface area contributed by atoms with E-state index in [1.165, 1.54) is 5.56 Å². The van der Waals surface area contributed by atoms with E-state index in [-0.39, 0.29) is 6.04 Å². The number of nitrogens with zero attached hydrogens (tertiary/aromatic N) is 1. The Bertz CT molecular complexity index is 584. The van der Waals surface area contributed by atoms with Gasteiger partial charge in [-0.15, -0.1) is 0 Å². The van der Waals surface area contributed by atoms with E-state index in [0.29, 0.717) is 10.0 Å². The molecule has 2 rings (SSSR count). The summed E-state index contributed by atoms with van der Waals surface area (Å²) in [5, 5.41) is 4.61. The number of nitrogens with one attached hydrogen (secondary N) is 1. The molecule has 20 heavy (non-hydrogen) atoms. The third kappa shape index (κ3) is 3.14. The molecule has 1 aromatic carbocycles. The van der Waals surface area contributed by atoms with Gasteiger partial charge in [-0.1, -0.05) is 55.2 Å². The van der Waals surface area contributed by atoms with Crippen LogP contribution >= 0.6 is 23.2 Å². The Labute approximate surface area is 130 Å². The van der Waals surface area contributed by atoms with Gasteiger partial charge in [-0.3, -0.25) is 4.98 Å². The van der Waals surface area contributed by atoms with Crippen LogP contribution in [0.1, 0.15) is 36.7 Å². The molecular weight excluding hydrogens is 291 g/mol. The van der Waals surface area contributed by atoms with Gasteiger partial charge in [-0.2, -0.15) is 0 Å². The van der Waals surface area contributed by atoms with Crippen LogP contribution in [0.15, 0.2) is 36.5 Å². The summed E-state index contributed by atoms with van der Waals surface area (Å²) in [5.74, 6) is 0. The first-order valence-corrected chi connectivity index (χ1v) is 7.55. The van der Waals surface area contributed by atoms with Crippen molar-refractivity contribution in [1.29, 1.82) is 0 Å². The van der Waals surface area contributed by atoms with Gasteiger partial charge >= 0.3 is 0 Å². The highest BCUT2D eigenvalue weighted by Crippen LogP contribution is 2.33. The number of benzene rings is 1. The lowest BCUT2D eigenvalue weighted by atomic mass is 9.98. The average molecular weight is 309 g/mol. The monoisotopic (exact) mass is 308 g/mol. The molecular formula is C16H18Cl2N2. The summed E-state index contributed by atoms with van der Waals surface area (Å²) >= 11 is 12.5. The predicted molar refractivity (Wildman–Crippen MR) is 85.6 cm³/mol. The molecule has 1 atom stereocenters. The van der Waals surface area contributed by atoms with Crippen molar-refractivity contribution < 1.29 is 0 Å². The zero-order chi connectivity index (χ0) is 14.5. The van der Waals surface area contributed by atoms with E-state index >= 15 is 0 Å². The molecule has 0 radical (unpaired) electrons. The Morgan fingerprint density at radius 1 is 1.15 bits per heavy atom. The van der Waals surface area contributed by atoms with Crippen molar-refractivity contribution in [2.45, 2.75) is 26.3 Å². The maximum absolute atomic E-state index is 6.37. The lowest BCUT2D eigenvalue weighted by Gasteiger charge is -2.21. The average Bonchev–Trinajstić information content (AvgIpc) is 2.48. The molecule has 0 amide bonds. The Balaban J connectivity index is 2.53. The van der Waals surface area contributed by atoms with E-state index in [1.807, 2.05) is 24.4 Å². The molecule has 0 saturated carbocycles. The van der Waals surface area contributed by atoms with Crippen LogP contribution in [0.2, 0.25) is 10.0 Å². The zero-order valence-corrected chi connectivity index (χ0v) is 13.2. The number of aryl methyl sites for hydroxylation is 1. The minimum Gasteiger partial charge on any atom is -0.305 e. The Morgan fingerprint density at radius 2 is 1.95 bits per heavy atom. The molecule has 1 aromatic heterocycles. The lowest BCUT2D eigenvalue weighted by molar-refractivity contribution is 0.609. The summed E-state index contributed by atoms with van der Waals surface area (Å²) in [6.45, 7) is 5.02. The summed E-state index contributed by atoms with van der Waals surface area (Å²) in [4.78, 5) is 4.55. The van der Waals surface area contributed by atoms with Crippen molar-refractivity contribution >= 4 is 23.2 Å². The van der Waals surface area contributed by atoms with Gasteiger partial charge in [0.2, 0.25) is 0 Å². The van der Waals surface area contributed by atoms with Gasteiger partial charge in [-0.25, -0.2) is 0 Å². The molecule has 1 unspecified atom stereocenters. The first-order chi connectivity index (χ1) is 9.69. The van der Waals surface area contributed by atoms with E-state index in [4.69, 9.17) is 23.2 Å². The van der Waals surface area contributed by atoms with E-state index < -0.39 is 0 Å². The number of aromatic nitrogens is 1. The SMILES string of the molecule is CCNC(c1cccc(Cl)c1Cl)c1ncccc1CC. The van der Waals surface area contributed by atoms with Gasteiger partial charge in [0.05, 0.1) is 21.8 Å². The fraction of sp³-hybridized carbons (Fsp3) is 0.312. The minimum atomic E-state index is -0.0395. The molecule has 0 aliphatic carbocycles. The molecule has 0 spiro atoms. The maximum atomic E-state index is 6.37. The molecule has 0 fully saturated rings. The third-order valence-electron chi connectivity index (χ3n) is 3.28. The van der Waals surface area contributed by atoms with Crippen molar-refractivity contribution in [1.82, 2.24) is 10.3 Å². The molecule has 0 aliphatic rings. The van der Waals surface area contributed by atoms with Gasteiger partial charge in [0.1, 0.15) is 0 Å². The zero-order valence-electron chi connectivity index (χ0n) is 11.7. The van der Waals surface area contributed by atoms with E-state index in [0.717, 1.165) is 24.2 Å². The van der Waals surface area contributed by atoms with Gasteiger partial charge in [-0.05, 0) is 36.2 Å². The highest BCUT2D eigenvalue weighted by atomic mass is 35.5. The van der Waals surface area contributed by atoms with Crippen LogP contribution in [-0.2, 0) is 6.42 Å². The summed E-state index contributed by atoms with van der Waals surface area (Å²) in [6.07, 6.45) is 2.75. The van der Waals surface area contributed by atoms with Crippen molar-refractivity contribution in [2.75, 3.05) is 6.54 Å². The third-order valence-corrected chi connectivity index (χ3v) is 4.11. The highest BCUT2D eigenvalue weighted by molar-refractivity contribution is 6.42. The largest absolute Gasteiger partial charge is 0.305 e. The summed E-state index contributed by atoms with van der Waals surface area (Å²) < 4.78 is 0. The smallest absolute Gasteiger partial charge is 0.0769 e. The Morgan fingerprint density at radius 3 is 2.65 bits per heavy atom. The quantitative estimate of drug-likeness (QED) is 0.869. The maximum Gasteiger partial charge on any atom is 0.0769 e. The van der Waals surface area contributed by atoms with Crippen LogP contribution in [0.25, 0.3) is 0 Å². The molecule has 0 bridgehead atoms. The predicted octanol–water partition coefficient (Wildman–Crippen LogP) is 4.65. The standard InChI is InChI=1S/C16H18Cl2N2/c1-3-11-7-6-10-20-15(11)16(19-4-2)12-8-5-9-13(17)14(12)18/h5-10,16,19H,3-4H2,1-2H3. The van der Waals surface area contributed by atoms with Gasteiger partial charge in [0.25, 0.3) is 0 Å². The fourth-order valence-electron chi connectivity index (χ4n) is 2.31. The second-order valence-corrected chi connectivity index (χ2v) is 5.32. The van der Waals surface area contributed by atoms with Crippen LogP contribution < -0.4 is 5.32 Å². The Hall–Kier alpha value is -1.09. The molecule has 106 valence electrons. The molecule has 0 aliphatic heterocycles. The van der Waals surface area contributed by atoms with Crippen LogP contribution in [0, 0.1) is 0 Å². The molecule has 0 saturated heterocycles. The number of rotatable bonds is 5. The van der Waals surface area contributed by atoms with E-state index in [2.05, 4.69) is 30.2 Å². The first kappa shape index (κ1) is 15.3. The molecule has 1 heterocycles. The fourth-order valence-corrected chi connectivity index (χ4v) is 2.73. The number of pyridine rings is 1. The van der Waals surface area contributed by atoms with Crippen LogP contribution in [0.3, 0.4) is 0 Å². The second-order valence-electron chi connectivity index (χ2n) is 4.54. The van der Waals surface area contributed by atoms with Gasteiger partial charge < -0.3 is 5.32 Å². The van der Waals surface area contributed by atoms with Crippen molar-refractivity contribution in [2.24, 2.45) is 0 Å². The van der Waals surface area contributed by atoms with Crippen molar-refractivity contribution in [3.8, 4) is 0 Å². The number of hydrogen-bond donors (Lipinski definition) is 1. The Kier molecular flexibility index (Phi) is 5.41. The highest BCUT2D eigenvalue weighted by Gasteiger charge is 2.20. The number of hydrogen-bond acceptors (Lipinski definition) is 2. The van der Waals surface area contributed by atoms with Crippen molar-refractivity contribution in [3.05, 3.63) is 63.4 Å². The molecule has 1 N–H and O–H groups in total. The van der Waals surface area contributed by atoms with Gasteiger partial charge in [0, 0.05) is 6.20 Å². The summed E-state index contributed by atoms with van der Waals surface area (Å²) in [5.41, 5.74) is 3.20. The molecule has 2 aromatic rings. The van der Waals surface area contributed by atoms with Crippen molar-refractivity contribution in [3.63, 3.8) is 0 Å². The summed E-state index contributed by atoms with van der Waals surface area (Å²) in [7, 11) is 0. The number of halogens is 2. The summed E-state index contributed by atoms with van der Waals surface area (Å²) in [6, 6.07) is 9.74. The van der Waals surface area contributed by atoms with Crippen LogP contribution in [0.4, 0.5) is 0 Å².